The highest BCUT2D eigenvalue weighted by molar-refractivity contribution is 7.21. The Bertz CT molecular complexity index is 1280. The summed E-state index contributed by atoms with van der Waals surface area (Å²) < 4.78 is 5.26. The molecule has 2 aromatic carbocycles. The van der Waals surface area contributed by atoms with Crippen LogP contribution in [0.4, 0.5) is 5.69 Å². The number of benzene rings is 2. The van der Waals surface area contributed by atoms with Gasteiger partial charge in [-0.05, 0) is 31.5 Å². The second-order valence-corrected chi connectivity index (χ2v) is 7.95. The maximum atomic E-state index is 13.1. The van der Waals surface area contributed by atoms with Crippen LogP contribution in [0.25, 0.3) is 21.3 Å². The van der Waals surface area contributed by atoms with E-state index in [0.717, 1.165) is 5.56 Å². The summed E-state index contributed by atoms with van der Waals surface area (Å²) in [5.74, 6) is 0.455. The number of hydrogen-bond acceptors (Lipinski definition) is 6. The predicted molar refractivity (Wildman–Crippen MR) is 121 cm³/mol. The van der Waals surface area contributed by atoms with Crippen LogP contribution in [0.2, 0.25) is 0 Å². The van der Waals surface area contributed by atoms with Gasteiger partial charge in [0.05, 0.1) is 18.5 Å². The Morgan fingerprint density at radius 3 is 2.30 bits per heavy atom. The van der Waals surface area contributed by atoms with Gasteiger partial charge in [-0.2, -0.15) is 0 Å². The molecule has 2 aromatic heterocycles. The van der Waals surface area contributed by atoms with Crippen LogP contribution in [0.5, 0.6) is 5.75 Å². The highest BCUT2D eigenvalue weighted by atomic mass is 32.1. The third kappa shape index (κ3) is 3.25. The van der Waals surface area contributed by atoms with Crippen LogP contribution < -0.4 is 10.5 Å². The number of carbonyl (C=O) groups excluding carboxylic acids is 2. The Balaban J connectivity index is 2.02. The second kappa shape index (κ2) is 7.72. The number of ether oxygens (including phenoxy) is 1. The summed E-state index contributed by atoms with van der Waals surface area (Å²) in [5, 5.41) is 0.639. The van der Waals surface area contributed by atoms with Crippen molar-refractivity contribution >= 4 is 38.8 Å². The van der Waals surface area contributed by atoms with Crippen molar-refractivity contribution in [3.8, 4) is 16.9 Å². The van der Waals surface area contributed by atoms with E-state index in [1.54, 1.807) is 26.2 Å². The molecule has 0 spiro atoms. The maximum absolute atomic E-state index is 13.1. The van der Waals surface area contributed by atoms with Crippen LogP contribution in [-0.4, -0.2) is 23.7 Å². The molecular weight excluding hydrogens is 396 g/mol. The van der Waals surface area contributed by atoms with Gasteiger partial charge in [0.25, 0.3) is 0 Å². The smallest absolute Gasteiger partial charge is 0.205 e. The average Bonchev–Trinajstić information content (AvgIpc) is 3.08. The van der Waals surface area contributed by atoms with Crippen molar-refractivity contribution in [2.75, 3.05) is 12.8 Å². The Kier molecular flexibility index (Phi) is 5.10. The first-order valence-corrected chi connectivity index (χ1v) is 10.2. The lowest BCUT2D eigenvalue weighted by molar-refractivity contribution is 0.101. The zero-order valence-corrected chi connectivity index (χ0v) is 17.7. The van der Waals surface area contributed by atoms with Gasteiger partial charge in [-0.15, -0.1) is 11.3 Å². The molecule has 0 fully saturated rings. The molecule has 0 atom stereocenters. The second-order valence-electron chi connectivity index (χ2n) is 6.95. The molecule has 0 amide bonds. The summed E-state index contributed by atoms with van der Waals surface area (Å²) in [4.78, 5) is 31.3. The molecule has 2 heterocycles. The third-order valence-corrected chi connectivity index (χ3v) is 6.13. The summed E-state index contributed by atoms with van der Waals surface area (Å²) in [6.45, 7) is 3.32. The highest BCUT2D eigenvalue weighted by Gasteiger charge is 2.25. The Hall–Kier alpha value is -3.51. The molecule has 0 radical (unpaired) electrons. The summed E-state index contributed by atoms with van der Waals surface area (Å²) >= 11 is 1.26. The van der Waals surface area contributed by atoms with E-state index in [0.29, 0.717) is 48.9 Å². The number of Topliss-reactive ketones (excluding diaryl/α,β-unsaturated/α-hetero) is 1. The highest BCUT2D eigenvalue weighted by Crippen LogP contribution is 2.43. The molecule has 30 heavy (non-hydrogen) atoms. The van der Waals surface area contributed by atoms with Gasteiger partial charge in [-0.3, -0.25) is 9.59 Å². The van der Waals surface area contributed by atoms with Gasteiger partial charge in [0.1, 0.15) is 15.5 Å². The van der Waals surface area contributed by atoms with Gasteiger partial charge in [0, 0.05) is 22.1 Å². The van der Waals surface area contributed by atoms with Crippen LogP contribution in [-0.2, 0) is 0 Å². The largest absolute Gasteiger partial charge is 0.497 e. The fraction of sp³-hybridized carbons (Fsp3) is 0.125. The van der Waals surface area contributed by atoms with Crippen LogP contribution in [0, 0.1) is 6.92 Å². The van der Waals surface area contributed by atoms with Crippen molar-refractivity contribution in [3.05, 3.63) is 76.3 Å². The molecule has 4 rings (SSSR count). The number of ketones is 2. The van der Waals surface area contributed by atoms with Crippen LogP contribution in [0.15, 0.2) is 54.6 Å². The first kappa shape index (κ1) is 19.8. The minimum Gasteiger partial charge on any atom is -0.497 e. The van der Waals surface area contributed by atoms with Crippen molar-refractivity contribution in [1.82, 2.24) is 4.98 Å². The number of rotatable bonds is 5. The first-order chi connectivity index (χ1) is 14.4. The van der Waals surface area contributed by atoms with Gasteiger partial charge in [-0.25, -0.2) is 4.98 Å². The fourth-order valence-electron chi connectivity index (χ4n) is 3.63. The van der Waals surface area contributed by atoms with Crippen LogP contribution in [0.1, 0.15) is 38.2 Å². The molecule has 150 valence electrons. The number of nitrogens with two attached hydrogens (primary N) is 1. The lowest BCUT2D eigenvalue weighted by Gasteiger charge is -2.13. The van der Waals surface area contributed by atoms with E-state index < -0.39 is 0 Å². The Labute approximate surface area is 178 Å². The molecular formula is C24H20N2O3S. The van der Waals surface area contributed by atoms with E-state index in [-0.39, 0.29) is 11.6 Å². The minimum atomic E-state index is -0.154. The normalized spacial score (nSPS) is 10.9. The van der Waals surface area contributed by atoms with Gasteiger partial charge >= 0.3 is 0 Å². The number of nitrogen functional groups attached to an aromatic ring is 1. The van der Waals surface area contributed by atoms with E-state index in [2.05, 4.69) is 4.98 Å². The molecule has 0 aliphatic rings. The maximum Gasteiger partial charge on any atom is 0.205 e. The molecule has 0 aliphatic carbocycles. The number of hydrogen-bond donors (Lipinski definition) is 1. The zero-order valence-electron chi connectivity index (χ0n) is 16.9. The van der Waals surface area contributed by atoms with E-state index in [1.165, 1.54) is 18.3 Å². The van der Waals surface area contributed by atoms with Gasteiger partial charge < -0.3 is 10.5 Å². The quantitative estimate of drug-likeness (QED) is 0.447. The SMILES string of the molecule is COc1ccc(-c2c(C(C)=O)c(C)nc3sc(C(=O)c4ccccc4)c(N)c23)cc1. The minimum absolute atomic E-state index is 0.103. The molecule has 0 unspecified atom stereocenters. The fourth-order valence-corrected chi connectivity index (χ4v) is 4.74. The van der Waals surface area contributed by atoms with Gasteiger partial charge in [0.15, 0.2) is 5.78 Å². The molecule has 2 N–H and O–H groups in total. The zero-order chi connectivity index (χ0) is 21.4. The Morgan fingerprint density at radius 2 is 1.70 bits per heavy atom. The number of thiophene rings is 1. The molecule has 5 nitrogen and oxygen atoms in total. The number of anilines is 1. The van der Waals surface area contributed by atoms with Gasteiger partial charge in [0.2, 0.25) is 5.78 Å². The molecule has 0 aliphatic heterocycles. The van der Waals surface area contributed by atoms with Gasteiger partial charge in [-0.1, -0.05) is 42.5 Å². The number of fused-ring (bicyclic) bond motifs is 1. The lowest BCUT2D eigenvalue weighted by atomic mass is 9.93. The summed E-state index contributed by atoms with van der Waals surface area (Å²) in [6.07, 6.45) is 0. The standard InChI is InChI=1S/C24H20N2O3S/c1-13-18(14(2)27)19(15-9-11-17(29-3)12-10-15)20-21(25)23(30-24(20)26-13)22(28)16-7-5-4-6-8-16/h4-12H,25H2,1-3H3. The molecule has 0 saturated carbocycles. The molecule has 0 bridgehead atoms. The number of methoxy groups -OCH3 is 1. The van der Waals surface area contributed by atoms with Crippen molar-refractivity contribution in [3.63, 3.8) is 0 Å². The van der Waals surface area contributed by atoms with Crippen LogP contribution in [0.3, 0.4) is 0 Å². The van der Waals surface area contributed by atoms with E-state index in [9.17, 15) is 9.59 Å². The number of aryl methyl sites for hydroxylation is 1. The van der Waals surface area contributed by atoms with Crippen molar-refractivity contribution < 1.29 is 14.3 Å². The van der Waals surface area contributed by atoms with Crippen LogP contribution >= 0.6 is 11.3 Å². The summed E-state index contributed by atoms with van der Waals surface area (Å²) in [6, 6.07) is 16.4. The molecule has 4 aromatic rings. The molecule has 6 heteroatoms. The molecule has 0 saturated heterocycles. The number of carbonyl (C=O) groups is 2. The predicted octanol–water partition coefficient (Wildman–Crippen LogP) is 5.30. The van der Waals surface area contributed by atoms with Crippen molar-refractivity contribution in [2.24, 2.45) is 0 Å². The van der Waals surface area contributed by atoms with Crippen molar-refractivity contribution in [2.45, 2.75) is 13.8 Å². The number of nitrogens with zero attached hydrogens (tertiary/aromatic N) is 1. The number of aromatic nitrogens is 1. The number of pyridine rings is 1. The summed E-state index contributed by atoms with van der Waals surface area (Å²) in [5.41, 5.74) is 10.1. The monoisotopic (exact) mass is 416 g/mol. The third-order valence-electron chi connectivity index (χ3n) is 5.03. The van der Waals surface area contributed by atoms with E-state index in [1.807, 2.05) is 42.5 Å². The first-order valence-electron chi connectivity index (χ1n) is 9.40. The Morgan fingerprint density at radius 1 is 1.03 bits per heavy atom. The van der Waals surface area contributed by atoms with E-state index >= 15 is 0 Å². The average molecular weight is 417 g/mol. The topological polar surface area (TPSA) is 82.3 Å². The van der Waals surface area contributed by atoms with E-state index in [4.69, 9.17) is 10.5 Å². The summed E-state index contributed by atoms with van der Waals surface area (Å²) in [7, 11) is 1.60. The van der Waals surface area contributed by atoms with Crippen molar-refractivity contribution in [1.29, 1.82) is 0 Å². The lowest BCUT2D eigenvalue weighted by Crippen LogP contribution is -2.04.